The zero-order valence-electron chi connectivity index (χ0n) is 15.7. The number of carbonyl (C=O) groups is 1. The summed E-state index contributed by atoms with van der Waals surface area (Å²) in [4.78, 5) is 15.9. The van der Waals surface area contributed by atoms with Gasteiger partial charge in [-0.1, -0.05) is 18.2 Å². The van der Waals surface area contributed by atoms with E-state index in [0.29, 0.717) is 39.2 Å². The number of amides is 1. The maximum Gasteiger partial charge on any atom is 0.435 e. The number of pyridine rings is 1. The highest BCUT2D eigenvalue weighted by Gasteiger charge is 2.33. The second-order valence-electron chi connectivity index (χ2n) is 6.71. The minimum Gasteiger partial charge on any atom is -0.366 e. The molecule has 4 rings (SSSR count). The lowest BCUT2D eigenvalue weighted by atomic mass is 10.1. The molecule has 0 saturated carbocycles. The first kappa shape index (κ1) is 19.4. The van der Waals surface area contributed by atoms with Gasteiger partial charge in [0.1, 0.15) is 5.82 Å². The number of nitrogens with two attached hydrogens (primary N) is 1. The number of fused-ring (bicyclic) bond motifs is 1. The second kappa shape index (κ2) is 7.18. The number of aromatic nitrogens is 3. The quantitative estimate of drug-likeness (QED) is 0.514. The molecule has 0 unspecified atom stereocenters. The number of hydrogen-bond acceptors (Lipinski definition) is 4. The van der Waals surface area contributed by atoms with Gasteiger partial charge in [-0.05, 0) is 42.8 Å². The predicted octanol–water partition coefficient (Wildman–Crippen LogP) is 4.59. The molecule has 9 heteroatoms. The summed E-state index contributed by atoms with van der Waals surface area (Å²) in [5.74, 6) is -0.108. The zero-order valence-corrected chi connectivity index (χ0v) is 15.7. The van der Waals surface area contributed by atoms with Gasteiger partial charge in [0.15, 0.2) is 5.69 Å². The van der Waals surface area contributed by atoms with Crippen molar-refractivity contribution in [2.75, 3.05) is 5.32 Å². The third-order valence-electron chi connectivity index (χ3n) is 4.58. The molecule has 3 N–H and O–H groups in total. The van der Waals surface area contributed by atoms with E-state index in [1.165, 1.54) is 10.9 Å². The lowest BCUT2D eigenvalue weighted by Gasteiger charge is -2.12. The van der Waals surface area contributed by atoms with E-state index in [1.807, 2.05) is 0 Å². The zero-order chi connectivity index (χ0) is 21.5. The number of benzene rings is 2. The molecule has 0 radical (unpaired) electrons. The maximum atomic E-state index is 13.0. The molecule has 6 nitrogen and oxygen atoms in total. The minimum atomic E-state index is -4.53. The normalized spacial score (nSPS) is 11.6. The van der Waals surface area contributed by atoms with E-state index in [0.717, 1.165) is 6.07 Å². The first-order valence-electron chi connectivity index (χ1n) is 8.93. The number of para-hydroxylation sites is 1. The summed E-state index contributed by atoms with van der Waals surface area (Å²) in [6.07, 6.45) is -3.27. The van der Waals surface area contributed by atoms with Gasteiger partial charge in [-0.15, -0.1) is 0 Å². The van der Waals surface area contributed by atoms with Crippen molar-refractivity contribution in [1.82, 2.24) is 14.8 Å². The van der Waals surface area contributed by atoms with Crippen molar-refractivity contribution >= 4 is 28.3 Å². The van der Waals surface area contributed by atoms with Crippen molar-refractivity contribution in [3.05, 3.63) is 77.6 Å². The molecule has 4 aromatic rings. The molecule has 2 heterocycles. The fourth-order valence-corrected chi connectivity index (χ4v) is 3.19. The number of alkyl halides is 3. The number of anilines is 2. The smallest absolute Gasteiger partial charge is 0.366 e. The van der Waals surface area contributed by atoms with E-state index < -0.39 is 17.8 Å². The Balaban J connectivity index is 1.78. The van der Waals surface area contributed by atoms with Crippen LogP contribution in [0.25, 0.3) is 16.6 Å². The molecule has 152 valence electrons. The molecule has 0 fully saturated rings. The lowest BCUT2D eigenvalue weighted by Crippen LogP contribution is -2.12. The highest BCUT2D eigenvalue weighted by Crippen LogP contribution is 2.30. The average Bonchev–Trinajstić information content (AvgIpc) is 3.18. The topological polar surface area (TPSA) is 85.8 Å². The summed E-state index contributed by atoms with van der Waals surface area (Å²) in [5, 5.41) is 7.46. The second-order valence-corrected chi connectivity index (χ2v) is 6.71. The number of nitrogens with one attached hydrogen (secondary N) is 1. The SMILES string of the molecule is Cc1cc(Nc2cc(-n3ccc(C(F)(F)F)n3)c3ccccc3n2)ccc1C(N)=O. The standard InChI is InChI=1S/C21H16F3N5O/c1-12-10-13(6-7-14(12)20(25)30)26-19-11-17(15-4-2-3-5-16(15)27-19)29-9-8-18(28-29)21(22,23)24/h2-11H,1H3,(H2,25,30)(H,26,27). The molecule has 30 heavy (non-hydrogen) atoms. The molecule has 0 bridgehead atoms. The van der Waals surface area contributed by atoms with Crippen molar-refractivity contribution < 1.29 is 18.0 Å². The molecule has 0 saturated heterocycles. The van der Waals surface area contributed by atoms with Crippen LogP contribution in [0.2, 0.25) is 0 Å². The molecule has 1 amide bonds. The Kier molecular flexibility index (Phi) is 4.65. The van der Waals surface area contributed by atoms with Gasteiger partial charge in [0.2, 0.25) is 5.91 Å². The Morgan fingerprint density at radius 2 is 1.87 bits per heavy atom. The van der Waals surface area contributed by atoms with E-state index in [2.05, 4.69) is 15.4 Å². The first-order chi connectivity index (χ1) is 14.2. The Morgan fingerprint density at radius 1 is 1.10 bits per heavy atom. The Morgan fingerprint density at radius 3 is 2.53 bits per heavy atom. The number of rotatable bonds is 4. The van der Waals surface area contributed by atoms with Gasteiger partial charge >= 0.3 is 6.18 Å². The third-order valence-corrected chi connectivity index (χ3v) is 4.58. The van der Waals surface area contributed by atoms with Gasteiger partial charge in [0.25, 0.3) is 0 Å². The van der Waals surface area contributed by atoms with Gasteiger partial charge in [-0.3, -0.25) is 4.79 Å². The third kappa shape index (κ3) is 3.69. The van der Waals surface area contributed by atoms with Crippen molar-refractivity contribution in [3.63, 3.8) is 0 Å². The number of hydrogen-bond donors (Lipinski definition) is 2. The number of halogens is 3. The summed E-state index contributed by atoms with van der Waals surface area (Å²) < 4.78 is 40.2. The van der Waals surface area contributed by atoms with E-state index in [-0.39, 0.29) is 0 Å². The number of nitrogens with zero attached hydrogens (tertiary/aromatic N) is 3. The molecular weight excluding hydrogens is 395 g/mol. The summed E-state index contributed by atoms with van der Waals surface area (Å²) in [6.45, 7) is 1.76. The van der Waals surface area contributed by atoms with Crippen molar-refractivity contribution in [2.24, 2.45) is 5.73 Å². The fraction of sp³-hybridized carbons (Fsp3) is 0.0952. The maximum absolute atomic E-state index is 13.0. The number of aryl methyl sites for hydroxylation is 1. The molecule has 0 aliphatic rings. The summed E-state index contributed by atoms with van der Waals surface area (Å²) in [7, 11) is 0. The van der Waals surface area contributed by atoms with Crippen molar-refractivity contribution in [1.29, 1.82) is 0 Å². The largest absolute Gasteiger partial charge is 0.435 e. The minimum absolute atomic E-state index is 0.406. The van der Waals surface area contributed by atoms with Crippen LogP contribution in [0.3, 0.4) is 0 Å². The van der Waals surface area contributed by atoms with Crippen LogP contribution in [-0.4, -0.2) is 20.7 Å². The molecule has 0 aliphatic carbocycles. The van der Waals surface area contributed by atoms with Crippen LogP contribution >= 0.6 is 0 Å². The number of carbonyl (C=O) groups excluding carboxylic acids is 1. The van der Waals surface area contributed by atoms with E-state index in [1.54, 1.807) is 55.5 Å². The summed E-state index contributed by atoms with van der Waals surface area (Å²) >= 11 is 0. The highest BCUT2D eigenvalue weighted by atomic mass is 19.4. The molecular formula is C21H16F3N5O. The number of primary amides is 1. The van der Waals surface area contributed by atoms with Crippen LogP contribution in [0.4, 0.5) is 24.7 Å². The van der Waals surface area contributed by atoms with Crippen LogP contribution in [-0.2, 0) is 6.18 Å². The fourth-order valence-electron chi connectivity index (χ4n) is 3.19. The first-order valence-corrected chi connectivity index (χ1v) is 8.93. The summed E-state index contributed by atoms with van der Waals surface area (Å²) in [6, 6.07) is 14.7. The van der Waals surface area contributed by atoms with Crippen LogP contribution < -0.4 is 11.1 Å². The molecule has 2 aromatic heterocycles. The van der Waals surface area contributed by atoms with Gasteiger partial charge in [0.05, 0.1) is 11.2 Å². The molecule has 2 aromatic carbocycles. The van der Waals surface area contributed by atoms with Crippen LogP contribution in [0.5, 0.6) is 0 Å². The van der Waals surface area contributed by atoms with E-state index in [9.17, 15) is 18.0 Å². The van der Waals surface area contributed by atoms with Crippen LogP contribution in [0.1, 0.15) is 21.6 Å². The van der Waals surface area contributed by atoms with Gasteiger partial charge < -0.3 is 11.1 Å². The van der Waals surface area contributed by atoms with Crippen molar-refractivity contribution in [2.45, 2.75) is 13.1 Å². The van der Waals surface area contributed by atoms with Crippen molar-refractivity contribution in [3.8, 4) is 5.69 Å². The van der Waals surface area contributed by atoms with E-state index in [4.69, 9.17) is 5.73 Å². The molecule has 0 aliphatic heterocycles. The molecule has 0 atom stereocenters. The van der Waals surface area contributed by atoms with Crippen LogP contribution in [0, 0.1) is 6.92 Å². The Bertz CT molecular complexity index is 1260. The average molecular weight is 411 g/mol. The predicted molar refractivity (Wildman–Crippen MR) is 107 cm³/mol. The Hall–Kier alpha value is -3.88. The Labute approximate surface area is 169 Å². The summed E-state index contributed by atoms with van der Waals surface area (Å²) in [5.41, 5.74) is 7.15. The van der Waals surface area contributed by atoms with Gasteiger partial charge in [0, 0.05) is 28.9 Å². The van der Waals surface area contributed by atoms with E-state index >= 15 is 0 Å². The van der Waals surface area contributed by atoms with Gasteiger partial charge in [-0.25, -0.2) is 9.67 Å². The molecule has 0 spiro atoms. The van der Waals surface area contributed by atoms with Crippen LogP contribution in [0.15, 0.2) is 60.8 Å². The lowest BCUT2D eigenvalue weighted by molar-refractivity contribution is -0.141. The highest BCUT2D eigenvalue weighted by molar-refractivity contribution is 5.95. The monoisotopic (exact) mass is 411 g/mol. The van der Waals surface area contributed by atoms with Gasteiger partial charge in [-0.2, -0.15) is 18.3 Å².